The quantitative estimate of drug-likeness (QED) is 0.821. The first-order valence-corrected chi connectivity index (χ1v) is 6.43. The predicted octanol–water partition coefficient (Wildman–Crippen LogP) is 4.34. The fourth-order valence-corrected chi connectivity index (χ4v) is 2.37. The number of hydrogen-bond donors (Lipinski definition) is 1. The molecule has 0 aliphatic carbocycles. The lowest BCUT2D eigenvalue weighted by molar-refractivity contribution is 0.488. The van der Waals surface area contributed by atoms with E-state index in [0.29, 0.717) is 0 Å². The second-order valence-corrected chi connectivity index (χ2v) is 4.84. The fourth-order valence-electron chi connectivity index (χ4n) is 2.23. The predicted molar refractivity (Wildman–Crippen MR) is 79.1 cm³/mol. The van der Waals surface area contributed by atoms with Crippen LogP contribution >= 0.6 is 12.2 Å². The average molecular weight is 256 g/mol. The Morgan fingerprint density at radius 2 is 1.28 bits per heavy atom. The lowest BCUT2D eigenvalue weighted by Crippen LogP contribution is -2.18. The first-order chi connectivity index (χ1) is 8.70. The minimum absolute atomic E-state index is 0.0627. The molecule has 2 aromatic carbocycles. The SMILES string of the molecule is CC(C(O)=S)C(c1ccccc1)c1ccccc1. The number of hydrogen-bond acceptors (Lipinski definition) is 1. The van der Waals surface area contributed by atoms with Gasteiger partial charge in [-0.3, -0.25) is 0 Å². The van der Waals surface area contributed by atoms with Gasteiger partial charge in [0.05, 0.1) is 0 Å². The standard InChI is InChI=1S/C16H16OS/c1-12(16(17)18)15(13-8-4-2-5-9-13)14-10-6-3-7-11-14/h2-12,15H,1H3,(H,17,18). The van der Waals surface area contributed by atoms with Crippen LogP contribution in [0.15, 0.2) is 60.7 Å². The highest BCUT2D eigenvalue weighted by Gasteiger charge is 2.23. The smallest absolute Gasteiger partial charge is 0.160 e. The van der Waals surface area contributed by atoms with E-state index in [1.165, 1.54) is 11.1 Å². The van der Waals surface area contributed by atoms with Crippen LogP contribution in [-0.2, 0) is 0 Å². The zero-order chi connectivity index (χ0) is 13.0. The van der Waals surface area contributed by atoms with E-state index in [9.17, 15) is 5.11 Å². The number of rotatable bonds is 4. The summed E-state index contributed by atoms with van der Waals surface area (Å²) in [4.78, 5) is 0. The Labute approximate surface area is 113 Å². The van der Waals surface area contributed by atoms with Crippen LogP contribution < -0.4 is 0 Å². The Kier molecular flexibility index (Phi) is 4.11. The van der Waals surface area contributed by atoms with Crippen molar-refractivity contribution in [1.29, 1.82) is 0 Å². The zero-order valence-electron chi connectivity index (χ0n) is 10.3. The zero-order valence-corrected chi connectivity index (χ0v) is 11.1. The van der Waals surface area contributed by atoms with Crippen molar-refractivity contribution < 1.29 is 5.11 Å². The molecular weight excluding hydrogens is 240 g/mol. The van der Waals surface area contributed by atoms with Crippen LogP contribution in [0.1, 0.15) is 24.0 Å². The highest BCUT2D eigenvalue weighted by atomic mass is 32.1. The summed E-state index contributed by atoms with van der Waals surface area (Å²) in [5.41, 5.74) is 2.35. The first-order valence-electron chi connectivity index (χ1n) is 6.03. The lowest BCUT2D eigenvalue weighted by Gasteiger charge is -2.23. The molecule has 2 heteroatoms. The molecule has 92 valence electrons. The lowest BCUT2D eigenvalue weighted by atomic mass is 9.82. The fraction of sp³-hybridized carbons (Fsp3) is 0.188. The van der Waals surface area contributed by atoms with E-state index in [4.69, 9.17) is 12.2 Å². The van der Waals surface area contributed by atoms with Crippen LogP contribution in [0.25, 0.3) is 0 Å². The molecule has 0 saturated carbocycles. The molecule has 2 aromatic rings. The molecule has 0 bridgehead atoms. The van der Waals surface area contributed by atoms with E-state index >= 15 is 0 Å². The van der Waals surface area contributed by atoms with E-state index in [2.05, 4.69) is 24.3 Å². The summed E-state index contributed by atoms with van der Waals surface area (Å²) in [5, 5.41) is 9.71. The molecule has 1 atom stereocenters. The maximum Gasteiger partial charge on any atom is 0.160 e. The second kappa shape index (κ2) is 5.78. The molecule has 18 heavy (non-hydrogen) atoms. The van der Waals surface area contributed by atoms with Crippen molar-refractivity contribution in [2.75, 3.05) is 0 Å². The van der Waals surface area contributed by atoms with Crippen molar-refractivity contribution in [1.82, 2.24) is 0 Å². The van der Waals surface area contributed by atoms with E-state index in [1.807, 2.05) is 43.3 Å². The van der Waals surface area contributed by atoms with Crippen LogP contribution in [0.2, 0.25) is 0 Å². The van der Waals surface area contributed by atoms with E-state index in [0.717, 1.165) is 0 Å². The van der Waals surface area contributed by atoms with Gasteiger partial charge >= 0.3 is 0 Å². The Bertz CT molecular complexity index is 468. The second-order valence-electron chi connectivity index (χ2n) is 4.43. The van der Waals surface area contributed by atoms with Crippen molar-refractivity contribution in [2.45, 2.75) is 12.8 Å². The van der Waals surface area contributed by atoms with Crippen LogP contribution in [0, 0.1) is 5.92 Å². The van der Waals surface area contributed by atoms with Crippen LogP contribution in [0.5, 0.6) is 0 Å². The van der Waals surface area contributed by atoms with Gasteiger partial charge in [-0.25, -0.2) is 0 Å². The summed E-state index contributed by atoms with van der Waals surface area (Å²) in [6.07, 6.45) is 0. The molecule has 0 saturated heterocycles. The van der Waals surface area contributed by atoms with E-state index < -0.39 is 0 Å². The van der Waals surface area contributed by atoms with Gasteiger partial charge in [0.15, 0.2) is 5.05 Å². The Morgan fingerprint density at radius 3 is 1.61 bits per heavy atom. The Morgan fingerprint density at radius 1 is 0.889 bits per heavy atom. The highest BCUT2D eigenvalue weighted by molar-refractivity contribution is 7.80. The summed E-state index contributed by atoms with van der Waals surface area (Å²) in [5.74, 6) is 0.0229. The molecule has 1 N–H and O–H groups in total. The monoisotopic (exact) mass is 256 g/mol. The van der Waals surface area contributed by atoms with Gasteiger partial charge in [0.25, 0.3) is 0 Å². The molecule has 0 aliphatic rings. The maximum atomic E-state index is 9.65. The van der Waals surface area contributed by atoms with Gasteiger partial charge in [-0.2, -0.15) is 0 Å². The van der Waals surface area contributed by atoms with Crippen molar-refractivity contribution in [2.24, 2.45) is 5.92 Å². The van der Waals surface area contributed by atoms with Gasteiger partial charge in [-0.15, -0.1) is 0 Å². The largest absolute Gasteiger partial charge is 0.502 e. The van der Waals surface area contributed by atoms with Crippen molar-refractivity contribution in [3.63, 3.8) is 0 Å². The van der Waals surface area contributed by atoms with Gasteiger partial charge in [0, 0.05) is 11.8 Å². The molecule has 1 unspecified atom stereocenters. The highest BCUT2D eigenvalue weighted by Crippen LogP contribution is 2.32. The molecule has 0 amide bonds. The van der Waals surface area contributed by atoms with Crippen molar-refractivity contribution in [3.8, 4) is 0 Å². The summed E-state index contributed by atoms with van der Waals surface area (Å²) in [7, 11) is 0. The normalized spacial score (nSPS) is 12.3. The number of thiocarbonyl (C=S) groups is 1. The topological polar surface area (TPSA) is 20.2 Å². The summed E-state index contributed by atoms with van der Waals surface area (Å²) < 4.78 is 0. The van der Waals surface area contributed by atoms with E-state index in [-0.39, 0.29) is 16.9 Å². The summed E-state index contributed by atoms with van der Waals surface area (Å²) >= 11 is 4.95. The van der Waals surface area contributed by atoms with Gasteiger partial charge in [-0.1, -0.05) is 67.6 Å². The third kappa shape index (κ3) is 2.77. The van der Waals surface area contributed by atoms with Crippen molar-refractivity contribution in [3.05, 3.63) is 71.8 Å². The molecule has 0 heterocycles. The minimum atomic E-state index is -0.0789. The molecule has 2 rings (SSSR count). The summed E-state index contributed by atoms with van der Waals surface area (Å²) in [6, 6.07) is 20.3. The Hall–Kier alpha value is -1.67. The minimum Gasteiger partial charge on any atom is -0.502 e. The molecule has 0 aliphatic heterocycles. The van der Waals surface area contributed by atoms with Gasteiger partial charge < -0.3 is 5.11 Å². The molecular formula is C16H16OS. The number of benzene rings is 2. The van der Waals surface area contributed by atoms with Crippen LogP contribution in [-0.4, -0.2) is 10.2 Å². The van der Waals surface area contributed by atoms with Gasteiger partial charge in [0.1, 0.15) is 0 Å². The summed E-state index contributed by atoms with van der Waals surface area (Å²) in [6.45, 7) is 1.97. The number of aliphatic hydroxyl groups excluding tert-OH is 1. The molecule has 0 spiro atoms. The average Bonchev–Trinajstić information content (AvgIpc) is 2.41. The first kappa shape index (κ1) is 12.8. The van der Waals surface area contributed by atoms with Crippen LogP contribution in [0.3, 0.4) is 0 Å². The molecule has 0 fully saturated rings. The molecule has 0 aromatic heterocycles. The van der Waals surface area contributed by atoms with Crippen molar-refractivity contribution >= 4 is 17.3 Å². The Balaban J connectivity index is 2.45. The third-order valence-electron chi connectivity index (χ3n) is 3.21. The van der Waals surface area contributed by atoms with Gasteiger partial charge in [-0.05, 0) is 23.3 Å². The molecule has 0 radical (unpaired) electrons. The number of aliphatic hydroxyl groups is 1. The van der Waals surface area contributed by atoms with Crippen LogP contribution in [0.4, 0.5) is 0 Å². The third-order valence-corrected chi connectivity index (χ3v) is 3.58. The van der Waals surface area contributed by atoms with E-state index in [1.54, 1.807) is 0 Å². The maximum absolute atomic E-state index is 9.65. The molecule has 1 nitrogen and oxygen atoms in total. The van der Waals surface area contributed by atoms with Gasteiger partial charge in [0.2, 0.25) is 0 Å².